The number of aliphatic hydroxyl groups excluding tert-OH is 1. The molecule has 0 aliphatic heterocycles. The molecule has 114 valence electrons. The molecule has 2 atom stereocenters. The van der Waals surface area contributed by atoms with Gasteiger partial charge in [0.05, 0.1) is 16.8 Å². The molecule has 2 unspecified atom stereocenters. The second-order valence-corrected chi connectivity index (χ2v) is 6.35. The van der Waals surface area contributed by atoms with Crippen LogP contribution in [0.4, 0.5) is 0 Å². The number of benzene rings is 1. The third-order valence-electron chi connectivity index (χ3n) is 3.50. The van der Waals surface area contributed by atoms with Crippen LogP contribution >= 0.6 is 11.3 Å². The molecule has 1 aromatic carbocycles. The fourth-order valence-corrected chi connectivity index (χ4v) is 3.19. The number of nitrogens with zero attached hydrogens (tertiary/aromatic N) is 1. The SMILES string of the molecule is CCc1nc(CNCC(CC(C)O)c2ccccc2)cs1. The Morgan fingerprint density at radius 1 is 1.29 bits per heavy atom. The van der Waals surface area contributed by atoms with E-state index in [-0.39, 0.29) is 6.10 Å². The van der Waals surface area contributed by atoms with Crippen LogP contribution in [0.5, 0.6) is 0 Å². The smallest absolute Gasteiger partial charge is 0.0926 e. The quantitative estimate of drug-likeness (QED) is 0.786. The molecule has 0 spiro atoms. The van der Waals surface area contributed by atoms with Gasteiger partial charge in [0.25, 0.3) is 0 Å². The van der Waals surface area contributed by atoms with E-state index in [1.807, 2.05) is 13.0 Å². The minimum absolute atomic E-state index is 0.289. The van der Waals surface area contributed by atoms with E-state index in [9.17, 15) is 5.11 Å². The Morgan fingerprint density at radius 2 is 2.05 bits per heavy atom. The van der Waals surface area contributed by atoms with Gasteiger partial charge in [0.2, 0.25) is 0 Å². The molecule has 0 bridgehead atoms. The molecule has 3 nitrogen and oxygen atoms in total. The lowest BCUT2D eigenvalue weighted by Crippen LogP contribution is -2.24. The molecule has 21 heavy (non-hydrogen) atoms. The maximum atomic E-state index is 9.70. The molecule has 0 aliphatic carbocycles. The molecular formula is C17H24N2OS. The van der Waals surface area contributed by atoms with Crippen molar-refractivity contribution in [2.45, 2.75) is 45.3 Å². The minimum Gasteiger partial charge on any atom is -0.393 e. The summed E-state index contributed by atoms with van der Waals surface area (Å²) in [4.78, 5) is 4.57. The molecule has 0 amide bonds. The predicted octanol–water partition coefficient (Wildman–Crippen LogP) is 3.35. The molecule has 4 heteroatoms. The number of hydrogen-bond donors (Lipinski definition) is 2. The fraction of sp³-hybridized carbons (Fsp3) is 0.471. The van der Waals surface area contributed by atoms with Crippen LogP contribution in [-0.2, 0) is 13.0 Å². The summed E-state index contributed by atoms with van der Waals surface area (Å²) < 4.78 is 0. The summed E-state index contributed by atoms with van der Waals surface area (Å²) in [5, 5.41) is 16.5. The zero-order chi connectivity index (χ0) is 15.1. The summed E-state index contributed by atoms with van der Waals surface area (Å²) in [6.45, 7) is 5.63. The monoisotopic (exact) mass is 304 g/mol. The van der Waals surface area contributed by atoms with E-state index in [1.165, 1.54) is 10.6 Å². The normalized spacial score (nSPS) is 14.0. The van der Waals surface area contributed by atoms with Crippen molar-refractivity contribution in [3.63, 3.8) is 0 Å². The van der Waals surface area contributed by atoms with Gasteiger partial charge in [-0.15, -0.1) is 11.3 Å². The van der Waals surface area contributed by atoms with Crippen molar-refractivity contribution in [3.05, 3.63) is 52.0 Å². The van der Waals surface area contributed by atoms with Crippen LogP contribution in [0.1, 0.15) is 42.5 Å². The van der Waals surface area contributed by atoms with Gasteiger partial charge in [0, 0.05) is 18.5 Å². The van der Waals surface area contributed by atoms with Gasteiger partial charge < -0.3 is 10.4 Å². The van der Waals surface area contributed by atoms with E-state index in [4.69, 9.17) is 0 Å². The van der Waals surface area contributed by atoms with Crippen molar-refractivity contribution in [1.29, 1.82) is 0 Å². The number of aliphatic hydroxyl groups is 1. The highest BCUT2D eigenvalue weighted by atomic mass is 32.1. The molecule has 0 saturated heterocycles. The molecule has 0 radical (unpaired) electrons. The number of thiazole rings is 1. The van der Waals surface area contributed by atoms with E-state index in [1.54, 1.807) is 11.3 Å². The summed E-state index contributed by atoms with van der Waals surface area (Å²) in [6.07, 6.45) is 1.48. The Labute approximate surface area is 131 Å². The lowest BCUT2D eigenvalue weighted by molar-refractivity contribution is 0.173. The zero-order valence-corrected chi connectivity index (χ0v) is 13.6. The van der Waals surface area contributed by atoms with Gasteiger partial charge in [-0.25, -0.2) is 4.98 Å². The van der Waals surface area contributed by atoms with Gasteiger partial charge in [-0.2, -0.15) is 0 Å². The van der Waals surface area contributed by atoms with Crippen LogP contribution in [0.3, 0.4) is 0 Å². The average molecular weight is 304 g/mol. The van der Waals surface area contributed by atoms with Crippen LogP contribution in [0.2, 0.25) is 0 Å². The summed E-state index contributed by atoms with van der Waals surface area (Å²) in [7, 11) is 0. The van der Waals surface area contributed by atoms with Crippen molar-refractivity contribution in [1.82, 2.24) is 10.3 Å². The lowest BCUT2D eigenvalue weighted by Gasteiger charge is -2.19. The van der Waals surface area contributed by atoms with Gasteiger partial charge in [-0.1, -0.05) is 37.3 Å². The second-order valence-electron chi connectivity index (χ2n) is 5.41. The number of nitrogens with one attached hydrogen (secondary N) is 1. The third-order valence-corrected chi connectivity index (χ3v) is 4.54. The lowest BCUT2D eigenvalue weighted by atomic mass is 9.93. The number of aryl methyl sites for hydroxylation is 1. The van der Waals surface area contributed by atoms with Crippen molar-refractivity contribution in [3.8, 4) is 0 Å². The molecule has 2 rings (SSSR count). The first-order chi connectivity index (χ1) is 10.2. The van der Waals surface area contributed by atoms with Gasteiger partial charge in [-0.3, -0.25) is 0 Å². The van der Waals surface area contributed by atoms with E-state index in [0.717, 1.165) is 31.6 Å². The molecular weight excluding hydrogens is 280 g/mol. The molecule has 1 heterocycles. The van der Waals surface area contributed by atoms with Crippen molar-refractivity contribution >= 4 is 11.3 Å². The number of aromatic nitrogens is 1. The van der Waals surface area contributed by atoms with Crippen LogP contribution in [0, 0.1) is 0 Å². The Bertz CT molecular complexity index is 525. The highest BCUT2D eigenvalue weighted by Gasteiger charge is 2.14. The molecule has 0 aliphatic rings. The Morgan fingerprint density at radius 3 is 2.67 bits per heavy atom. The van der Waals surface area contributed by atoms with Gasteiger partial charge >= 0.3 is 0 Å². The molecule has 0 fully saturated rings. The maximum absolute atomic E-state index is 9.70. The summed E-state index contributed by atoms with van der Waals surface area (Å²) >= 11 is 1.72. The van der Waals surface area contributed by atoms with Crippen LogP contribution in [0.15, 0.2) is 35.7 Å². The van der Waals surface area contributed by atoms with Crippen LogP contribution in [0.25, 0.3) is 0 Å². The van der Waals surface area contributed by atoms with Gasteiger partial charge in [-0.05, 0) is 31.2 Å². The van der Waals surface area contributed by atoms with Gasteiger partial charge in [0.1, 0.15) is 0 Å². The first kappa shape index (κ1) is 16.1. The summed E-state index contributed by atoms with van der Waals surface area (Å²) in [5.41, 5.74) is 2.39. The van der Waals surface area contributed by atoms with E-state index in [2.05, 4.69) is 46.9 Å². The second kappa shape index (κ2) is 8.27. The highest BCUT2D eigenvalue weighted by Crippen LogP contribution is 2.20. The van der Waals surface area contributed by atoms with E-state index in [0.29, 0.717) is 5.92 Å². The predicted molar refractivity (Wildman–Crippen MR) is 88.7 cm³/mol. The molecule has 2 N–H and O–H groups in total. The molecule has 2 aromatic rings. The minimum atomic E-state index is -0.289. The third kappa shape index (κ3) is 5.23. The Hall–Kier alpha value is -1.23. The van der Waals surface area contributed by atoms with Crippen molar-refractivity contribution in [2.75, 3.05) is 6.54 Å². The molecule has 1 aromatic heterocycles. The Kier molecular flexibility index (Phi) is 6.36. The summed E-state index contributed by atoms with van der Waals surface area (Å²) in [5.74, 6) is 0.329. The van der Waals surface area contributed by atoms with E-state index < -0.39 is 0 Å². The average Bonchev–Trinajstić information content (AvgIpc) is 2.95. The van der Waals surface area contributed by atoms with Crippen molar-refractivity contribution < 1.29 is 5.11 Å². The Balaban J connectivity index is 1.90. The highest BCUT2D eigenvalue weighted by molar-refractivity contribution is 7.09. The maximum Gasteiger partial charge on any atom is 0.0926 e. The number of rotatable bonds is 8. The molecule has 0 saturated carbocycles. The largest absolute Gasteiger partial charge is 0.393 e. The number of hydrogen-bond acceptors (Lipinski definition) is 4. The first-order valence-electron chi connectivity index (χ1n) is 7.56. The van der Waals surface area contributed by atoms with Gasteiger partial charge in [0.15, 0.2) is 0 Å². The zero-order valence-electron chi connectivity index (χ0n) is 12.7. The van der Waals surface area contributed by atoms with Crippen molar-refractivity contribution in [2.24, 2.45) is 0 Å². The van der Waals surface area contributed by atoms with Crippen LogP contribution < -0.4 is 5.32 Å². The van der Waals surface area contributed by atoms with E-state index >= 15 is 0 Å². The van der Waals surface area contributed by atoms with Crippen LogP contribution in [-0.4, -0.2) is 22.7 Å². The first-order valence-corrected chi connectivity index (χ1v) is 8.44. The standard InChI is InChI=1S/C17H24N2OS/c1-3-17-19-16(12-21-17)11-18-10-15(9-13(2)20)14-7-5-4-6-8-14/h4-8,12-13,15,18,20H,3,9-11H2,1-2H3. The topological polar surface area (TPSA) is 45.2 Å². The summed E-state index contributed by atoms with van der Waals surface area (Å²) in [6, 6.07) is 10.4. The fourth-order valence-electron chi connectivity index (χ4n) is 2.44.